The number of anilines is 1. The standard InChI is InChI=1S/C18H20F2N4O/c1-12-14-4-2-3-5-15(14)16(22-21-12)24-10-13(11-24)17(25)23-8-6-18(19,20)7-9-23/h2-5,13H,6-11H2,1H3. The van der Waals surface area contributed by atoms with E-state index in [1.807, 2.05) is 36.1 Å². The van der Waals surface area contributed by atoms with E-state index in [1.165, 1.54) is 0 Å². The second-order valence-corrected chi connectivity index (χ2v) is 6.94. The summed E-state index contributed by atoms with van der Waals surface area (Å²) in [5.74, 6) is -2.00. The summed E-state index contributed by atoms with van der Waals surface area (Å²) in [4.78, 5) is 16.1. The second kappa shape index (κ2) is 5.89. The van der Waals surface area contributed by atoms with Crippen molar-refractivity contribution in [3.8, 4) is 0 Å². The van der Waals surface area contributed by atoms with Gasteiger partial charge in [0.15, 0.2) is 5.82 Å². The van der Waals surface area contributed by atoms with Crippen LogP contribution >= 0.6 is 0 Å². The minimum Gasteiger partial charge on any atom is -0.353 e. The van der Waals surface area contributed by atoms with Crippen LogP contribution in [0, 0.1) is 12.8 Å². The molecule has 0 radical (unpaired) electrons. The fourth-order valence-electron chi connectivity index (χ4n) is 3.58. The molecule has 0 atom stereocenters. The van der Waals surface area contributed by atoms with Crippen molar-refractivity contribution in [1.82, 2.24) is 15.1 Å². The number of nitrogens with zero attached hydrogens (tertiary/aromatic N) is 4. The lowest BCUT2D eigenvalue weighted by Crippen LogP contribution is -2.56. The molecule has 5 nitrogen and oxygen atoms in total. The summed E-state index contributed by atoms with van der Waals surface area (Å²) in [5.41, 5.74) is 0.877. The van der Waals surface area contributed by atoms with Crippen LogP contribution in [0.5, 0.6) is 0 Å². The van der Waals surface area contributed by atoms with Crippen molar-refractivity contribution in [2.45, 2.75) is 25.7 Å². The van der Waals surface area contributed by atoms with Gasteiger partial charge in [-0.25, -0.2) is 8.78 Å². The van der Waals surface area contributed by atoms with Gasteiger partial charge in [-0.05, 0) is 6.92 Å². The smallest absolute Gasteiger partial charge is 0.251 e. The Labute approximate surface area is 144 Å². The summed E-state index contributed by atoms with van der Waals surface area (Å²) in [5, 5.41) is 10.6. The van der Waals surface area contributed by atoms with E-state index >= 15 is 0 Å². The number of hydrogen-bond acceptors (Lipinski definition) is 4. The zero-order chi connectivity index (χ0) is 17.6. The Kier molecular flexibility index (Phi) is 3.81. The maximum absolute atomic E-state index is 13.2. The van der Waals surface area contributed by atoms with E-state index in [0.717, 1.165) is 22.3 Å². The largest absolute Gasteiger partial charge is 0.353 e. The average molecular weight is 346 g/mol. The topological polar surface area (TPSA) is 49.3 Å². The lowest BCUT2D eigenvalue weighted by atomic mass is 9.96. The molecular weight excluding hydrogens is 326 g/mol. The van der Waals surface area contributed by atoms with Gasteiger partial charge in [0.05, 0.1) is 11.6 Å². The summed E-state index contributed by atoms with van der Waals surface area (Å²) in [7, 11) is 0. The van der Waals surface area contributed by atoms with Crippen LogP contribution in [-0.4, -0.2) is 53.1 Å². The highest BCUT2D eigenvalue weighted by Gasteiger charge is 2.41. The molecule has 0 bridgehead atoms. The number of halogens is 2. The van der Waals surface area contributed by atoms with E-state index in [1.54, 1.807) is 4.90 Å². The van der Waals surface area contributed by atoms with Crippen LogP contribution in [0.15, 0.2) is 24.3 Å². The number of piperidine rings is 1. The average Bonchev–Trinajstić information content (AvgIpc) is 2.55. The molecule has 2 fully saturated rings. The quantitative estimate of drug-likeness (QED) is 0.839. The number of amides is 1. The van der Waals surface area contributed by atoms with Crippen molar-refractivity contribution in [2.24, 2.45) is 5.92 Å². The van der Waals surface area contributed by atoms with Gasteiger partial charge in [0.25, 0.3) is 5.92 Å². The molecule has 0 unspecified atom stereocenters. The maximum atomic E-state index is 13.2. The summed E-state index contributed by atoms with van der Waals surface area (Å²) in [6, 6.07) is 7.95. The second-order valence-electron chi connectivity index (χ2n) is 6.94. The van der Waals surface area contributed by atoms with Crippen LogP contribution in [0.4, 0.5) is 14.6 Å². The number of fused-ring (bicyclic) bond motifs is 1. The van der Waals surface area contributed by atoms with Crippen LogP contribution in [0.3, 0.4) is 0 Å². The number of carbonyl (C=O) groups is 1. The third kappa shape index (κ3) is 2.92. The number of alkyl halides is 2. The zero-order valence-electron chi connectivity index (χ0n) is 14.1. The molecule has 4 rings (SSSR count). The molecule has 1 aromatic carbocycles. The number of hydrogen-bond donors (Lipinski definition) is 0. The minimum absolute atomic E-state index is 0.0175. The molecule has 25 heavy (non-hydrogen) atoms. The number of rotatable bonds is 2. The molecule has 2 aliphatic rings. The van der Waals surface area contributed by atoms with Crippen LogP contribution < -0.4 is 4.90 Å². The van der Waals surface area contributed by atoms with Gasteiger partial charge in [-0.3, -0.25) is 4.79 Å². The van der Waals surface area contributed by atoms with Gasteiger partial charge in [-0.1, -0.05) is 24.3 Å². The van der Waals surface area contributed by atoms with Crippen molar-refractivity contribution in [3.63, 3.8) is 0 Å². The van der Waals surface area contributed by atoms with E-state index in [0.29, 0.717) is 13.1 Å². The summed E-state index contributed by atoms with van der Waals surface area (Å²) in [6.45, 7) is 3.35. The van der Waals surface area contributed by atoms with E-state index in [-0.39, 0.29) is 37.8 Å². The first kappa shape index (κ1) is 16.2. The highest BCUT2D eigenvalue weighted by molar-refractivity contribution is 5.94. The Morgan fingerprint density at radius 3 is 2.44 bits per heavy atom. The molecule has 3 heterocycles. The molecule has 132 valence electrons. The van der Waals surface area contributed by atoms with Gasteiger partial charge in [-0.15, -0.1) is 5.10 Å². The molecule has 1 amide bonds. The van der Waals surface area contributed by atoms with E-state index < -0.39 is 5.92 Å². The number of aromatic nitrogens is 2. The van der Waals surface area contributed by atoms with Crippen molar-refractivity contribution in [3.05, 3.63) is 30.0 Å². The van der Waals surface area contributed by atoms with Crippen LogP contribution in [0.25, 0.3) is 10.8 Å². The number of likely N-dealkylation sites (tertiary alicyclic amines) is 1. The molecule has 2 aliphatic heterocycles. The van der Waals surface area contributed by atoms with Gasteiger partial charge in [0.1, 0.15) is 0 Å². The molecule has 0 aliphatic carbocycles. The number of carbonyl (C=O) groups excluding carboxylic acids is 1. The third-order valence-electron chi connectivity index (χ3n) is 5.19. The molecule has 0 spiro atoms. The van der Waals surface area contributed by atoms with Crippen LogP contribution in [0.2, 0.25) is 0 Å². The molecule has 7 heteroatoms. The van der Waals surface area contributed by atoms with Crippen molar-refractivity contribution < 1.29 is 13.6 Å². The van der Waals surface area contributed by atoms with Crippen molar-refractivity contribution >= 4 is 22.5 Å². The molecule has 0 N–H and O–H groups in total. The van der Waals surface area contributed by atoms with E-state index in [9.17, 15) is 13.6 Å². The summed E-state index contributed by atoms with van der Waals surface area (Å²) in [6.07, 6.45) is -0.466. The normalized spacial score (nSPS) is 20.6. The summed E-state index contributed by atoms with van der Waals surface area (Å²) >= 11 is 0. The van der Waals surface area contributed by atoms with E-state index in [2.05, 4.69) is 10.2 Å². The Hall–Kier alpha value is -2.31. The predicted molar refractivity (Wildman–Crippen MR) is 90.7 cm³/mol. The van der Waals surface area contributed by atoms with Gasteiger partial charge in [-0.2, -0.15) is 5.10 Å². The molecular formula is C18H20F2N4O. The number of aryl methyl sites for hydroxylation is 1. The maximum Gasteiger partial charge on any atom is 0.251 e. The molecule has 2 saturated heterocycles. The minimum atomic E-state index is -2.63. The van der Waals surface area contributed by atoms with Gasteiger partial charge >= 0.3 is 0 Å². The lowest BCUT2D eigenvalue weighted by molar-refractivity contribution is -0.142. The van der Waals surface area contributed by atoms with Gasteiger partial charge < -0.3 is 9.80 Å². The Balaban J connectivity index is 1.44. The van der Waals surface area contributed by atoms with Crippen molar-refractivity contribution in [2.75, 3.05) is 31.1 Å². The first-order valence-electron chi connectivity index (χ1n) is 8.58. The van der Waals surface area contributed by atoms with Crippen LogP contribution in [0.1, 0.15) is 18.5 Å². The zero-order valence-corrected chi connectivity index (χ0v) is 14.1. The predicted octanol–water partition coefficient (Wildman–Crippen LogP) is 2.63. The first-order chi connectivity index (χ1) is 11.9. The Bertz CT molecular complexity index is 810. The fourth-order valence-corrected chi connectivity index (χ4v) is 3.58. The molecule has 0 saturated carbocycles. The van der Waals surface area contributed by atoms with E-state index in [4.69, 9.17) is 0 Å². The highest BCUT2D eigenvalue weighted by atomic mass is 19.3. The highest BCUT2D eigenvalue weighted by Crippen LogP contribution is 2.33. The summed E-state index contributed by atoms with van der Waals surface area (Å²) < 4.78 is 26.5. The van der Waals surface area contributed by atoms with Gasteiger partial charge in [0.2, 0.25) is 5.91 Å². The van der Waals surface area contributed by atoms with Crippen LogP contribution in [-0.2, 0) is 4.79 Å². The molecule has 2 aromatic rings. The molecule has 1 aromatic heterocycles. The Morgan fingerprint density at radius 2 is 1.76 bits per heavy atom. The van der Waals surface area contributed by atoms with Crippen molar-refractivity contribution in [1.29, 1.82) is 0 Å². The first-order valence-corrected chi connectivity index (χ1v) is 8.58. The fraction of sp³-hybridized carbons (Fsp3) is 0.500. The van der Waals surface area contributed by atoms with Gasteiger partial charge in [0, 0.05) is 49.8 Å². The number of benzene rings is 1. The lowest BCUT2D eigenvalue weighted by Gasteiger charge is -2.42. The monoisotopic (exact) mass is 346 g/mol. The third-order valence-corrected chi connectivity index (χ3v) is 5.19. The SMILES string of the molecule is Cc1nnc(N2CC(C(=O)N3CCC(F)(F)CC3)C2)c2ccccc12. The Morgan fingerprint density at radius 1 is 1.12 bits per heavy atom.